The van der Waals surface area contributed by atoms with Crippen molar-refractivity contribution < 1.29 is 32.1 Å². The number of fused-ring (bicyclic) bond motifs is 5. The molecule has 0 aromatic heterocycles. The van der Waals surface area contributed by atoms with Crippen LogP contribution in [-0.4, -0.2) is 53.7 Å². The highest BCUT2D eigenvalue weighted by atomic mass is 32.3. The van der Waals surface area contributed by atoms with Gasteiger partial charge in [-0.1, -0.05) is 53.2 Å². The van der Waals surface area contributed by atoms with Crippen LogP contribution in [0.3, 0.4) is 0 Å². The average Bonchev–Trinajstić information content (AvgIpc) is 3.49. The van der Waals surface area contributed by atoms with E-state index in [-0.39, 0.29) is 17.3 Å². The summed E-state index contributed by atoms with van der Waals surface area (Å²) in [5, 5.41) is 21.3. The fourth-order valence-corrected chi connectivity index (χ4v) is 9.90. The maximum Gasteiger partial charge on any atom is 0.397 e. The van der Waals surface area contributed by atoms with E-state index < -0.39 is 34.1 Å². The van der Waals surface area contributed by atoms with Crippen molar-refractivity contribution in [3.05, 3.63) is 11.6 Å². The van der Waals surface area contributed by atoms with E-state index in [0.717, 1.165) is 19.3 Å². The maximum atomic E-state index is 11.6. The molecule has 3 saturated carbocycles. The van der Waals surface area contributed by atoms with Gasteiger partial charge in [-0.25, -0.2) is 4.18 Å². The van der Waals surface area contributed by atoms with Crippen molar-refractivity contribution >= 4 is 10.4 Å². The molecule has 5 aliphatic rings. The second-order valence-corrected chi connectivity index (χ2v) is 14.7. The molecule has 0 radical (unpaired) electrons. The molecule has 0 spiro atoms. The molecule has 4 aliphatic carbocycles. The third-order valence-corrected chi connectivity index (χ3v) is 12.2. The molecule has 36 heavy (non-hydrogen) atoms. The smallest absolute Gasteiger partial charge is 0.390 e. The minimum atomic E-state index is -4.75. The number of hydrogen-bond donors (Lipinski definition) is 3. The van der Waals surface area contributed by atoms with E-state index >= 15 is 0 Å². The van der Waals surface area contributed by atoms with E-state index in [0.29, 0.717) is 54.6 Å². The van der Waals surface area contributed by atoms with Crippen LogP contribution < -0.4 is 0 Å². The summed E-state index contributed by atoms with van der Waals surface area (Å²) < 4.78 is 43.8. The summed E-state index contributed by atoms with van der Waals surface area (Å²) in [6, 6.07) is 0. The van der Waals surface area contributed by atoms with Crippen molar-refractivity contribution in [2.45, 2.75) is 111 Å². The summed E-state index contributed by atoms with van der Waals surface area (Å²) in [6.45, 7) is 13.9. The zero-order chi connectivity index (χ0) is 26.4. The van der Waals surface area contributed by atoms with Gasteiger partial charge in [0, 0.05) is 0 Å². The zero-order valence-electron chi connectivity index (χ0n) is 22.6. The number of aliphatic hydroxyl groups is 2. The van der Waals surface area contributed by atoms with Gasteiger partial charge in [-0.15, -0.1) is 0 Å². The normalized spacial score (nSPS) is 50.1. The third kappa shape index (κ3) is 4.22. The van der Waals surface area contributed by atoms with E-state index in [2.05, 4.69) is 47.6 Å². The van der Waals surface area contributed by atoms with Crippen LogP contribution in [0.15, 0.2) is 11.6 Å². The molecule has 0 bridgehead atoms. The molecule has 1 heterocycles. The predicted molar refractivity (Wildman–Crippen MR) is 136 cm³/mol. The van der Waals surface area contributed by atoms with Gasteiger partial charge in [0.25, 0.3) is 0 Å². The SMILES string of the molecule is CC(C)[C@H](C)[C@@H]1O[C@H]1[C@@H](C)[C@H]1CC[C@H]2C3=CC[C@H]4[C@H](OS(=O)(=O)O)[C@@H](O)[C@H](O)C[C@]4(C)[C@H]3CC[C@]12C. The first-order valence-corrected chi connectivity index (χ1v) is 15.4. The van der Waals surface area contributed by atoms with E-state index in [1.165, 1.54) is 12.0 Å². The van der Waals surface area contributed by atoms with Gasteiger partial charge in [0.15, 0.2) is 0 Å². The van der Waals surface area contributed by atoms with E-state index in [1.54, 1.807) is 0 Å². The minimum absolute atomic E-state index is 0.208. The van der Waals surface area contributed by atoms with Crippen LogP contribution in [-0.2, 0) is 19.3 Å². The minimum Gasteiger partial charge on any atom is -0.390 e. The maximum absolute atomic E-state index is 11.6. The number of allylic oxidation sites excluding steroid dienone is 2. The Hall–Kier alpha value is -0.510. The van der Waals surface area contributed by atoms with Gasteiger partial charge in [0.2, 0.25) is 0 Å². The molecule has 3 N–H and O–H groups in total. The summed E-state index contributed by atoms with van der Waals surface area (Å²) in [4.78, 5) is 0. The van der Waals surface area contributed by atoms with Crippen molar-refractivity contribution in [3.8, 4) is 0 Å². The quantitative estimate of drug-likeness (QED) is 0.267. The molecule has 8 heteroatoms. The van der Waals surface area contributed by atoms with Gasteiger partial charge in [0.05, 0.1) is 18.3 Å². The second kappa shape index (κ2) is 9.02. The number of ether oxygens (including phenoxy) is 1. The lowest BCUT2D eigenvalue weighted by Crippen LogP contribution is -2.60. The number of epoxide rings is 1. The fourth-order valence-electron chi connectivity index (χ4n) is 9.37. The van der Waals surface area contributed by atoms with Crippen molar-refractivity contribution in [2.75, 3.05) is 0 Å². The van der Waals surface area contributed by atoms with Crippen LogP contribution >= 0.6 is 0 Å². The van der Waals surface area contributed by atoms with E-state index in [1.807, 2.05) is 0 Å². The van der Waals surface area contributed by atoms with Crippen LogP contribution in [0, 0.1) is 52.3 Å². The van der Waals surface area contributed by atoms with Gasteiger partial charge in [-0.05, 0) is 90.8 Å². The zero-order valence-corrected chi connectivity index (χ0v) is 23.4. The van der Waals surface area contributed by atoms with Crippen molar-refractivity contribution in [2.24, 2.45) is 52.3 Å². The van der Waals surface area contributed by atoms with Crippen LogP contribution in [0.25, 0.3) is 0 Å². The van der Waals surface area contributed by atoms with E-state index in [4.69, 9.17) is 8.92 Å². The van der Waals surface area contributed by atoms with Gasteiger partial charge < -0.3 is 14.9 Å². The molecule has 0 unspecified atom stereocenters. The lowest BCUT2D eigenvalue weighted by Gasteiger charge is -2.59. The summed E-state index contributed by atoms with van der Waals surface area (Å²) in [7, 11) is -4.75. The second-order valence-electron chi connectivity index (χ2n) is 13.7. The predicted octanol–water partition coefficient (Wildman–Crippen LogP) is 4.39. The average molecular weight is 527 g/mol. The first-order valence-electron chi connectivity index (χ1n) is 14.1. The highest BCUT2D eigenvalue weighted by Crippen LogP contribution is 2.67. The lowest BCUT2D eigenvalue weighted by atomic mass is 9.47. The monoisotopic (exact) mass is 526 g/mol. The molecular weight excluding hydrogens is 480 g/mol. The van der Waals surface area contributed by atoms with E-state index in [9.17, 15) is 23.2 Å². The summed E-state index contributed by atoms with van der Waals surface area (Å²) in [5.74, 6) is 2.73. The van der Waals surface area contributed by atoms with Crippen molar-refractivity contribution in [3.63, 3.8) is 0 Å². The molecule has 5 rings (SSSR count). The first-order chi connectivity index (χ1) is 16.7. The Balaban J connectivity index is 1.39. The number of aliphatic hydroxyl groups excluding tert-OH is 2. The molecule has 206 valence electrons. The molecule has 7 nitrogen and oxygen atoms in total. The number of rotatable bonds is 6. The fraction of sp³-hybridized carbons (Fsp3) is 0.929. The van der Waals surface area contributed by atoms with Gasteiger partial charge in [-0.3, -0.25) is 4.55 Å². The molecule has 4 fully saturated rings. The van der Waals surface area contributed by atoms with Crippen LogP contribution in [0.5, 0.6) is 0 Å². The highest BCUT2D eigenvalue weighted by Gasteiger charge is 2.63. The Bertz CT molecular complexity index is 994. The Morgan fingerprint density at radius 1 is 1.03 bits per heavy atom. The first kappa shape index (κ1) is 27.1. The molecule has 1 aliphatic heterocycles. The molecule has 0 aromatic rings. The Morgan fingerprint density at radius 3 is 2.33 bits per heavy atom. The van der Waals surface area contributed by atoms with Crippen LogP contribution in [0.4, 0.5) is 0 Å². The van der Waals surface area contributed by atoms with Gasteiger partial charge in [-0.2, -0.15) is 8.42 Å². The van der Waals surface area contributed by atoms with Crippen LogP contribution in [0.1, 0.15) is 80.1 Å². The molecule has 0 amide bonds. The summed E-state index contributed by atoms with van der Waals surface area (Å²) >= 11 is 0. The van der Waals surface area contributed by atoms with Gasteiger partial charge >= 0.3 is 10.4 Å². The molecule has 0 aromatic carbocycles. The molecular formula is C28H46O7S. The van der Waals surface area contributed by atoms with Crippen molar-refractivity contribution in [1.29, 1.82) is 0 Å². The molecule has 1 saturated heterocycles. The third-order valence-electron chi connectivity index (χ3n) is 11.7. The lowest BCUT2D eigenvalue weighted by molar-refractivity contribution is -0.165. The summed E-state index contributed by atoms with van der Waals surface area (Å²) in [5.41, 5.74) is 1.27. The Kier molecular flexibility index (Phi) is 6.78. The van der Waals surface area contributed by atoms with Crippen LogP contribution in [0.2, 0.25) is 0 Å². The topological polar surface area (TPSA) is 117 Å². The Morgan fingerprint density at radius 2 is 1.69 bits per heavy atom. The molecule has 13 atom stereocenters. The summed E-state index contributed by atoms with van der Waals surface area (Å²) in [6.07, 6.45) is 4.85. The van der Waals surface area contributed by atoms with Crippen molar-refractivity contribution in [1.82, 2.24) is 0 Å². The standard InChI is InChI=1S/C28H46O7S/c1-14(2)15(3)24-25(34-24)16(4)18-9-10-19-17-7-8-21-26(35-36(31,32)33)23(30)22(29)13-28(21,6)20(17)11-12-27(18,19)5/h7,14-16,18-26,29-30H,8-13H2,1-6H3,(H,31,32,33)/t15-,16-,18+,19-,20-,21-,22+,23-,24-,25-,26-,27+,28+/m0/s1. The highest BCUT2D eigenvalue weighted by molar-refractivity contribution is 7.80. The number of hydrogen-bond acceptors (Lipinski definition) is 6. The Labute approximate surface area is 217 Å². The van der Waals surface area contributed by atoms with Gasteiger partial charge in [0.1, 0.15) is 12.2 Å². The largest absolute Gasteiger partial charge is 0.397 e.